The maximum absolute atomic E-state index is 14.2. The average Bonchev–Trinajstić information content (AvgIpc) is 2.59. The van der Waals surface area contributed by atoms with E-state index in [-0.39, 0.29) is 12.0 Å². The molecule has 5 nitrogen and oxygen atoms in total. The first-order valence-electron chi connectivity index (χ1n) is 7.04. The van der Waals surface area contributed by atoms with Gasteiger partial charge in [-0.3, -0.25) is 4.79 Å². The van der Waals surface area contributed by atoms with Crippen molar-refractivity contribution in [1.29, 1.82) is 0 Å². The number of carbonyl (C=O) groups is 1. The number of rotatable bonds is 3. The highest BCUT2D eigenvalue weighted by molar-refractivity contribution is 5.95. The summed E-state index contributed by atoms with van der Waals surface area (Å²) in [6.07, 6.45) is 1.19. The van der Waals surface area contributed by atoms with Crippen LogP contribution in [0.5, 0.6) is 0 Å². The van der Waals surface area contributed by atoms with E-state index in [4.69, 9.17) is 4.74 Å². The second kappa shape index (κ2) is 6.19. The number of esters is 1. The maximum atomic E-state index is 14.2. The minimum absolute atomic E-state index is 0.0312. The van der Waals surface area contributed by atoms with Gasteiger partial charge in [-0.15, -0.1) is 0 Å². The van der Waals surface area contributed by atoms with Crippen LogP contribution < -0.4 is 5.56 Å². The zero-order valence-electron chi connectivity index (χ0n) is 12.6. The maximum Gasteiger partial charge on any atom is 0.341 e. The molecule has 0 fully saturated rings. The van der Waals surface area contributed by atoms with E-state index < -0.39 is 34.1 Å². The van der Waals surface area contributed by atoms with Crippen molar-refractivity contribution in [3.8, 4) is 0 Å². The van der Waals surface area contributed by atoms with Crippen LogP contribution in [0.3, 0.4) is 0 Å². The van der Waals surface area contributed by atoms with Crippen LogP contribution >= 0.6 is 0 Å². The van der Waals surface area contributed by atoms with Gasteiger partial charge in [-0.2, -0.15) is 5.10 Å². The fourth-order valence-corrected chi connectivity index (χ4v) is 2.28. The molecule has 0 radical (unpaired) electrons. The number of hydrogen-bond donors (Lipinski definition) is 0. The molecule has 0 N–H and O–H groups in total. The Balaban J connectivity index is 1.98. The third-order valence-corrected chi connectivity index (χ3v) is 3.55. The van der Waals surface area contributed by atoms with Crippen molar-refractivity contribution in [3.63, 3.8) is 0 Å². The quantitative estimate of drug-likeness (QED) is 0.693. The molecule has 24 heavy (non-hydrogen) atoms. The van der Waals surface area contributed by atoms with Gasteiger partial charge in [0.05, 0.1) is 17.1 Å². The van der Waals surface area contributed by atoms with Crippen LogP contribution in [0.1, 0.15) is 15.9 Å². The Bertz CT molecular complexity index is 985. The van der Waals surface area contributed by atoms with Gasteiger partial charge in [-0.25, -0.2) is 18.3 Å². The fraction of sp³-hybridized carbons (Fsp3) is 0.118. The lowest BCUT2D eigenvalue weighted by molar-refractivity contribution is 0.0466. The molecule has 122 valence electrons. The van der Waals surface area contributed by atoms with Crippen LogP contribution in [-0.2, 0) is 18.4 Å². The highest BCUT2D eigenvalue weighted by Gasteiger charge is 2.22. The Morgan fingerprint density at radius 3 is 2.62 bits per heavy atom. The molecule has 0 aliphatic heterocycles. The molecular weight excluding hydrogens is 318 g/mol. The molecule has 2 aromatic carbocycles. The molecule has 1 aromatic heterocycles. The summed E-state index contributed by atoms with van der Waals surface area (Å²) in [4.78, 5) is 23.9. The predicted octanol–water partition coefficient (Wildman–Crippen LogP) is 2.57. The molecule has 0 saturated carbocycles. The van der Waals surface area contributed by atoms with Gasteiger partial charge in [0.25, 0.3) is 5.56 Å². The topological polar surface area (TPSA) is 61.2 Å². The third kappa shape index (κ3) is 2.76. The minimum Gasteiger partial charge on any atom is -0.457 e. The van der Waals surface area contributed by atoms with E-state index >= 15 is 0 Å². The number of nitrogens with zero attached hydrogens (tertiary/aromatic N) is 2. The van der Waals surface area contributed by atoms with Gasteiger partial charge in [0.2, 0.25) is 0 Å². The number of carbonyl (C=O) groups excluding carboxylic acids is 1. The SMILES string of the molecule is Cn1ncc2cc(C(=O)OCc3ccccc3)c(F)c(F)c2c1=O. The first kappa shape index (κ1) is 15.8. The molecule has 3 rings (SSSR count). The van der Waals surface area contributed by atoms with Gasteiger partial charge in [-0.05, 0) is 11.6 Å². The van der Waals surface area contributed by atoms with Gasteiger partial charge in [0, 0.05) is 12.4 Å². The number of hydrogen-bond acceptors (Lipinski definition) is 4. The van der Waals surface area contributed by atoms with E-state index in [1.54, 1.807) is 30.3 Å². The van der Waals surface area contributed by atoms with E-state index in [9.17, 15) is 18.4 Å². The smallest absolute Gasteiger partial charge is 0.341 e. The van der Waals surface area contributed by atoms with Crippen molar-refractivity contribution >= 4 is 16.7 Å². The predicted molar refractivity (Wildman–Crippen MR) is 82.5 cm³/mol. The van der Waals surface area contributed by atoms with Crippen molar-refractivity contribution in [2.75, 3.05) is 0 Å². The first-order chi connectivity index (χ1) is 11.5. The first-order valence-corrected chi connectivity index (χ1v) is 7.04. The summed E-state index contributed by atoms with van der Waals surface area (Å²) in [6.45, 7) is -0.0758. The van der Waals surface area contributed by atoms with Crippen molar-refractivity contribution in [1.82, 2.24) is 9.78 Å². The van der Waals surface area contributed by atoms with E-state index in [1.165, 1.54) is 13.2 Å². The van der Waals surface area contributed by atoms with Crippen LogP contribution in [-0.4, -0.2) is 15.7 Å². The van der Waals surface area contributed by atoms with Crippen LogP contribution in [0, 0.1) is 11.6 Å². The van der Waals surface area contributed by atoms with Crippen molar-refractivity contribution in [2.24, 2.45) is 7.05 Å². The van der Waals surface area contributed by atoms with E-state index in [2.05, 4.69) is 5.10 Å². The zero-order chi connectivity index (χ0) is 17.3. The van der Waals surface area contributed by atoms with Crippen LogP contribution in [0.15, 0.2) is 47.4 Å². The third-order valence-electron chi connectivity index (χ3n) is 3.55. The second-order valence-corrected chi connectivity index (χ2v) is 5.15. The Morgan fingerprint density at radius 1 is 1.21 bits per heavy atom. The molecule has 3 aromatic rings. The lowest BCUT2D eigenvalue weighted by Gasteiger charge is -2.08. The van der Waals surface area contributed by atoms with Gasteiger partial charge >= 0.3 is 5.97 Å². The number of aromatic nitrogens is 2. The van der Waals surface area contributed by atoms with E-state index in [1.807, 2.05) is 0 Å². The standard InChI is InChI=1S/C17H12F2N2O3/c1-21-16(22)13-11(8-20-21)7-12(14(18)15(13)19)17(23)24-9-10-5-3-2-4-6-10/h2-8H,9H2,1H3. The molecule has 0 aliphatic carbocycles. The minimum atomic E-state index is -1.41. The summed E-state index contributed by atoms with van der Waals surface area (Å²) in [7, 11) is 1.32. The van der Waals surface area contributed by atoms with Gasteiger partial charge in [0.1, 0.15) is 6.61 Å². The van der Waals surface area contributed by atoms with E-state index in [0.29, 0.717) is 5.56 Å². The average molecular weight is 330 g/mol. The molecule has 0 bridgehead atoms. The Labute approximate surface area is 135 Å². The summed E-state index contributed by atoms with van der Waals surface area (Å²) in [5.41, 5.74) is -0.651. The van der Waals surface area contributed by atoms with Crippen molar-refractivity contribution < 1.29 is 18.3 Å². The van der Waals surface area contributed by atoms with Gasteiger partial charge in [-0.1, -0.05) is 30.3 Å². The lowest BCUT2D eigenvalue weighted by atomic mass is 10.1. The van der Waals surface area contributed by atoms with Crippen molar-refractivity contribution in [3.05, 3.63) is 75.7 Å². The Kier molecular flexibility index (Phi) is 4.07. The number of ether oxygens (including phenoxy) is 1. The molecule has 0 saturated heterocycles. The Hall–Kier alpha value is -3.09. The van der Waals surface area contributed by atoms with Gasteiger partial charge in [0.15, 0.2) is 11.6 Å². The molecule has 0 unspecified atom stereocenters. The summed E-state index contributed by atoms with van der Waals surface area (Å²) >= 11 is 0. The second-order valence-electron chi connectivity index (χ2n) is 5.15. The number of aryl methyl sites for hydroxylation is 1. The molecule has 1 heterocycles. The summed E-state index contributed by atoms with van der Waals surface area (Å²) in [6, 6.07) is 9.87. The largest absolute Gasteiger partial charge is 0.457 e. The Morgan fingerprint density at radius 2 is 1.92 bits per heavy atom. The van der Waals surface area contributed by atoms with Crippen LogP contribution in [0.25, 0.3) is 10.8 Å². The number of benzene rings is 2. The van der Waals surface area contributed by atoms with E-state index in [0.717, 1.165) is 10.7 Å². The zero-order valence-corrected chi connectivity index (χ0v) is 12.6. The van der Waals surface area contributed by atoms with Crippen LogP contribution in [0.4, 0.5) is 8.78 Å². The molecule has 7 heteroatoms. The molecule has 0 aliphatic rings. The molecule has 0 amide bonds. The normalized spacial score (nSPS) is 10.8. The highest BCUT2D eigenvalue weighted by Crippen LogP contribution is 2.21. The monoisotopic (exact) mass is 330 g/mol. The molecule has 0 atom stereocenters. The highest BCUT2D eigenvalue weighted by atomic mass is 19.2. The lowest BCUT2D eigenvalue weighted by Crippen LogP contribution is -2.21. The summed E-state index contributed by atoms with van der Waals surface area (Å²) < 4.78 is 34.3. The van der Waals surface area contributed by atoms with Crippen LogP contribution in [0.2, 0.25) is 0 Å². The fourth-order valence-electron chi connectivity index (χ4n) is 2.28. The summed E-state index contributed by atoms with van der Waals surface area (Å²) in [5.74, 6) is -3.82. The molecule has 0 spiro atoms. The number of fused-ring (bicyclic) bond motifs is 1. The van der Waals surface area contributed by atoms with Gasteiger partial charge < -0.3 is 4.74 Å². The number of halogens is 2. The summed E-state index contributed by atoms with van der Waals surface area (Å²) in [5, 5.41) is 3.31. The van der Waals surface area contributed by atoms with Crippen molar-refractivity contribution in [2.45, 2.75) is 6.61 Å². The molecular formula is C17H12F2N2O3.